The summed E-state index contributed by atoms with van der Waals surface area (Å²) in [7, 11) is 2.17. The Kier molecular flexibility index (Phi) is 3.34. The van der Waals surface area contributed by atoms with Crippen LogP contribution < -0.4 is 0 Å². The highest BCUT2D eigenvalue weighted by molar-refractivity contribution is 4.70. The summed E-state index contributed by atoms with van der Waals surface area (Å²) < 4.78 is 5.34. The van der Waals surface area contributed by atoms with Crippen molar-refractivity contribution in [2.24, 2.45) is 5.92 Å². The zero-order chi connectivity index (χ0) is 8.27. The minimum absolute atomic E-state index is 0.527. The lowest BCUT2D eigenvalue weighted by Crippen LogP contribution is -2.39. The molecule has 1 aliphatic heterocycles. The number of hydrogen-bond acceptors (Lipinski definition) is 2. The van der Waals surface area contributed by atoms with E-state index in [0.29, 0.717) is 6.10 Å². The summed E-state index contributed by atoms with van der Waals surface area (Å²) >= 11 is 0. The third-order valence-electron chi connectivity index (χ3n) is 1.99. The summed E-state index contributed by atoms with van der Waals surface area (Å²) in [5.41, 5.74) is 0. The van der Waals surface area contributed by atoms with Crippen molar-refractivity contribution in [3.63, 3.8) is 0 Å². The molecule has 0 bridgehead atoms. The molecule has 66 valence electrons. The highest BCUT2D eigenvalue weighted by atomic mass is 16.5. The fraction of sp³-hybridized carbons (Fsp3) is 1.00. The Bertz CT molecular complexity index is 110. The van der Waals surface area contributed by atoms with E-state index in [4.69, 9.17) is 4.74 Å². The number of likely N-dealkylation sites (N-methyl/N-ethyl adjacent to an activating group) is 1. The number of hydrogen-bond donors (Lipinski definition) is 0. The molecular formula is C9H19NO. The van der Waals surface area contributed by atoms with Crippen molar-refractivity contribution >= 4 is 0 Å². The zero-order valence-corrected chi connectivity index (χ0v) is 7.84. The van der Waals surface area contributed by atoms with E-state index in [1.807, 2.05) is 0 Å². The Balaban J connectivity index is 2.04. The van der Waals surface area contributed by atoms with Crippen LogP contribution in [-0.2, 0) is 4.74 Å². The zero-order valence-electron chi connectivity index (χ0n) is 7.84. The topological polar surface area (TPSA) is 12.5 Å². The van der Waals surface area contributed by atoms with E-state index in [-0.39, 0.29) is 0 Å². The molecule has 1 aliphatic rings. The minimum atomic E-state index is 0.527. The second-order valence-electron chi connectivity index (χ2n) is 3.90. The van der Waals surface area contributed by atoms with Gasteiger partial charge in [0, 0.05) is 19.7 Å². The predicted octanol–water partition coefficient (Wildman–Crippen LogP) is 1.36. The van der Waals surface area contributed by atoms with Gasteiger partial charge in [-0.25, -0.2) is 0 Å². The molecule has 0 unspecified atom stereocenters. The Morgan fingerprint density at radius 3 is 2.55 bits per heavy atom. The fourth-order valence-electron chi connectivity index (χ4n) is 1.47. The Labute approximate surface area is 69.5 Å². The third kappa shape index (κ3) is 3.21. The van der Waals surface area contributed by atoms with Crippen molar-refractivity contribution in [2.75, 3.05) is 26.7 Å². The van der Waals surface area contributed by atoms with Crippen LogP contribution in [-0.4, -0.2) is 37.7 Å². The van der Waals surface area contributed by atoms with Gasteiger partial charge in [0.15, 0.2) is 0 Å². The molecule has 0 saturated carbocycles. The van der Waals surface area contributed by atoms with Gasteiger partial charge in [-0.15, -0.1) is 0 Å². The summed E-state index contributed by atoms with van der Waals surface area (Å²) in [5.74, 6) is 0.764. The predicted molar refractivity (Wildman–Crippen MR) is 46.7 cm³/mol. The second kappa shape index (κ2) is 4.07. The Hall–Kier alpha value is -0.0800. The minimum Gasteiger partial charge on any atom is -0.377 e. The summed E-state index contributed by atoms with van der Waals surface area (Å²) in [6.45, 7) is 7.76. The van der Waals surface area contributed by atoms with E-state index in [0.717, 1.165) is 19.1 Å². The van der Waals surface area contributed by atoms with E-state index >= 15 is 0 Å². The molecule has 0 amide bonds. The van der Waals surface area contributed by atoms with Crippen LogP contribution in [0.2, 0.25) is 0 Å². The van der Waals surface area contributed by atoms with Crippen LogP contribution in [0.3, 0.4) is 0 Å². The average Bonchev–Trinajstić information content (AvgIpc) is 1.77. The molecule has 0 N–H and O–H groups in total. The SMILES string of the molecule is CC(C)CN(C)C[C@@H]1CCO1. The first-order chi connectivity index (χ1) is 5.18. The maximum absolute atomic E-state index is 5.34. The summed E-state index contributed by atoms with van der Waals surface area (Å²) in [5, 5.41) is 0. The van der Waals surface area contributed by atoms with Gasteiger partial charge < -0.3 is 9.64 Å². The lowest BCUT2D eigenvalue weighted by molar-refractivity contribution is -0.0645. The highest BCUT2D eigenvalue weighted by Gasteiger charge is 2.19. The van der Waals surface area contributed by atoms with Crippen LogP contribution in [0.5, 0.6) is 0 Å². The van der Waals surface area contributed by atoms with E-state index in [2.05, 4.69) is 25.8 Å². The van der Waals surface area contributed by atoms with Crippen molar-refractivity contribution in [3.8, 4) is 0 Å². The maximum Gasteiger partial charge on any atom is 0.0723 e. The maximum atomic E-state index is 5.34. The average molecular weight is 157 g/mol. The standard InChI is InChI=1S/C9H19NO/c1-8(2)6-10(3)7-9-4-5-11-9/h8-9H,4-7H2,1-3H3/t9-/m0/s1. The summed E-state index contributed by atoms with van der Waals surface area (Å²) in [6.07, 6.45) is 1.78. The number of rotatable bonds is 4. The van der Waals surface area contributed by atoms with Gasteiger partial charge in [-0.05, 0) is 19.4 Å². The quantitative estimate of drug-likeness (QED) is 0.611. The summed E-state index contributed by atoms with van der Waals surface area (Å²) in [6, 6.07) is 0. The molecule has 11 heavy (non-hydrogen) atoms. The smallest absolute Gasteiger partial charge is 0.0723 e. The molecule has 0 aliphatic carbocycles. The van der Waals surface area contributed by atoms with E-state index < -0.39 is 0 Å². The fourth-order valence-corrected chi connectivity index (χ4v) is 1.47. The molecule has 0 spiro atoms. The summed E-state index contributed by atoms with van der Waals surface area (Å²) in [4.78, 5) is 2.36. The first-order valence-electron chi connectivity index (χ1n) is 4.48. The van der Waals surface area contributed by atoms with Gasteiger partial charge in [0.05, 0.1) is 6.10 Å². The Morgan fingerprint density at radius 2 is 2.18 bits per heavy atom. The van der Waals surface area contributed by atoms with Crippen molar-refractivity contribution in [2.45, 2.75) is 26.4 Å². The molecule has 0 aromatic heterocycles. The van der Waals surface area contributed by atoms with Gasteiger partial charge in [-0.2, -0.15) is 0 Å². The van der Waals surface area contributed by atoms with Gasteiger partial charge in [-0.1, -0.05) is 13.8 Å². The molecule has 0 radical (unpaired) electrons. The highest BCUT2D eigenvalue weighted by Crippen LogP contribution is 2.12. The molecule has 1 saturated heterocycles. The third-order valence-corrected chi connectivity index (χ3v) is 1.99. The molecule has 1 atom stereocenters. The van der Waals surface area contributed by atoms with Crippen molar-refractivity contribution < 1.29 is 4.74 Å². The normalized spacial score (nSPS) is 24.3. The van der Waals surface area contributed by atoms with Gasteiger partial charge in [-0.3, -0.25) is 0 Å². The second-order valence-corrected chi connectivity index (χ2v) is 3.90. The number of nitrogens with zero attached hydrogens (tertiary/aromatic N) is 1. The van der Waals surface area contributed by atoms with Gasteiger partial charge in [0.2, 0.25) is 0 Å². The Morgan fingerprint density at radius 1 is 1.55 bits per heavy atom. The molecule has 1 rings (SSSR count). The molecular weight excluding hydrogens is 138 g/mol. The van der Waals surface area contributed by atoms with Crippen molar-refractivity contribution in [1.82, 2.24) is 4.90 Å². The number of ether oxygens (including phenoxy) is 1. The van der Waals surface area contributed by atoms with Crippen molar-refractivity contribution in [1.29, 1.82) is 0 Å². The van der Waals surface area contributed by atoms with Crippen LogP contribution in [0.25, 0.3) is 0 Å². The van der Waals surface area contributed by atoms with Crippen molar-refractivity contribution in [3.05, 3.63) is 0 Å². The van der Waals surface area contributed by atoms with E-state index in [9.17, 15) is 0 Å². The lowest BCUT2D eigenvalue weighted by atomic mass is 10.1. The van der Waals surface area contributed by atoms with E-state index in [1.165, 1.54) is 13.0 Å². The first kappa shape index (κ1) is 9.01. The molecule has 1 fully saturated rings. The van der Waals surface area contributed by atoms with Gasteiger partial charge >= 0.3 is 0 Å². The van der Waals surface area contributed by atoms with Gasteiger partial charge in [0.25, 0.3) is 0 Å². The molecule has 2 nitrogen and oxygen atoms in total. The van der Waals surface area contributed by atoms with Crippen LogP contribution in [0.1, 0.15) is 20.3 Å². The largest absolute Gasteiger partial charge is 0.377 e. The molecule has 0 aromatic carbocycles. The van der Waals surface area contributed by atoms with Gasteiger partial charge in [0.1, 0.15) is 0 Å². The molecule has 0 aromatic rings. The van der Waals surface area contributed by atoms with Crippen LogP contribution >= 0.6 is 0 Å². The van der Waals surface area contributed by atoms with Crippen LogP contribution in [0, 0.1) is 5.92 Å². The first-order valence-corrected chi connectivity index (χ1v) is 4.48. The monoisotopic (exact) mass is 157 g/mol. The lowest BCUT2D eigenvalue weighted by Gasteiger charge is -2.31. The van der Waals surface area contributed by atoms with E-state index in [1.54, 1.807) is 0 Å². The van der Waals surface area contributed by atoms with Crippen LogP contribution in [0.15, 0.2) is 0 Å². The molecule has 2 heteroatoms. The van der Waals surface area contributed by atoms with Crippen LogP contribution in [0.4, 0.5) is 0 Å². The molecule has 1 heterocycles.